The maximum Gasteiger partial charge on any atom is 0.276 e. The fraction of sp³-hybridized carbons (Fsp3) is 0.143. The summed E-state index contributed by atoms with van der Waals surface area (Å²) >= 11 is 3.17. The van der Waals surface area contributed by atoms with E-state index in [4.69, 9.17) is 0 Å². The van der Waals surface area contributed by atoms with Crippen LogP contribution in [-0.2, 0) is 4.79 Å². The molecule has 0 radical (unpaired) electrons. The van der Waals surface area contributed by atoms with Crippen LogP contribution in [0.15, 0.2) is 52.6 Å². The van der Waals surface area contributed by atoms with Gasteiger partial charge in [-0.25, -0.2) is 15.0 Å². The summed E-state index contributed by atoms with van der Waals surface area (Å²) in [6.45, 7) is 4.17. The number of aliphatic imine (C=N–C) groups is 1. The third-order valence-electron chi connectivity index (χ3n) is 4.42. The largest absolute Gasteiger partial charge is 0.359 e. The van der Waals surface area contributed by atoms with Gasteiger partial charge >= 0.3 is 0 Å². The first kappa shape index (κ1) is 18.7. The molecular weight excluding hydrogens is 416 g/mol. The number of amides is 1. The predicted molar refractivity (Wildman–Crippen MR) is 125 cm³/mol. The van der Waals surface area contributed by atoms with E-state index < -0.39 is 0 Å². The molecule has 0 fully saturated rings. The van der Waals surface area contributed by atoms with E-state index in [2.05, 4.69) is 44.8 Å². The third kappa shape index (κ3) is 3.77. The SMILES string of the molecule is CC(C)Nc1nc2ccc(NC3=NC(=Cc4ccc5ncsc5c4)C(=O)N3)cc2s1. The molecule has 0 atom stereocenters. The average Bonchev–Trinajstić information content (AvgIpc) is 3.39. The number of aromatic nitrogens is 2. The van der Waals surface area contributed by atoms with Gasteiger partial charge in [0, 0.05) is 11.7 Å². The average molecular weight is 435 g/mol. The molecule has 30 heavy (non-hydrogen) atoms. The van der Waals surface area contributed by atoms with Crippen molar-refractivity contribution in [1.82, 2.24) is 15.3 Å². The number of carbonyl (C=O) groups is 1. The summed E-state index contributed by atoms with van der Waals surface area (Å²) in [5.41, 5.74) is 5.82. The molecule has 3 N–H and O–H groups in total. The van der Waals surface area contributed by atoms with Crippen molar-refractivity contribution in [2.24, 2.45) is 4.99 Å². The Morgan fingerprint density at radius 3 is 2.83 bits per heavy atom. The molecule has 5 rings (SSSR count). The third-order valence-corrected chi connectivity index (χ3v) is 6.16. The van der Waals surface area contributed by atoms with Crippen LogP contribution in [0.4, 0.5) is 10.8 Å². The molecule has 7 nitrogen and oxygen atoms in total. The second-order valence-electron chi connectivity index (χ2n) is 7.15. The molecule has 0 bridgehead atoms. The maximum absolute atomic E-state index is 12.4. The second kappa shape index (κ2) is 7.51. The topological polar surface area (TPSA) is 91.3 Å². The second-order valence-corrected chi connectivity index (χ2v) is 9.07. The van der Waals surface area contributed by atoms with Gasteiger partial charge in [0.05, 0.1) is 25.9 Å². The lowest BCUT2D eigenvalue weighted by Gasteiger charge is -2.04. The van der Waals surface area contributed by atoms with E-state index >= 15 is 0 Å². The zero-order valence-corrected chi connectivity index (χ0v) is 17.9. The Hall–Kier alpha value is -3.30. The van der Waals surface area contributed by atoms with Crippen LogP contribution in [0.2, 0.25) is 0 Å². The fourth-order valence-corrected chi connectivity index (χ4v) is 4.87. The molecule has 2 aromatic heterocycles. The van der Waals surface area contributed by atoms with Crippen LogP contribution in [0.3, 0.4) is 0 Å². The molecule has 4 aromatic rings. The summed E-state index contributed by atoms with van der Waals surface area (Å²) in [6, 6.07) is 12.1. The highest BCUT2D eigenvalue weighted by atomic mass is 32.1. The molecule has 1 aliphatic heterocycles. The predicted octanol–water partition coefficient (Wildman–Crippen LogP) is 4.67. The van der Waals surface area contributed by atoms with Crippen LogP contribution in [-0.4, -0.2) is 27.9 Å². The van der Waals surface area contributed by atoms with Crippen LogP contribution >= 0.6 is 22.7 Å². The number of benzene rings is 2. The molecule has 0 aliphatic carbocycles. The van der Waals surface area contributed by atoms with E-state index in [9.17, 15) is 4.79 Å². The van der Waals surface area contributed by atoms with E-state index in [-0.39, 0.29) is 5.91 Å². The lowest BCUT2D eigenvalue weighted by molar-refractivity contribution is -0.115. The number of anilines is 2. The van der Waals surface area contributed by atoms with Gasteiger partial charge in [0.15, 0.2) is 5.13 Å². The van der Waals surface area contributed by atoms with E-state index in [1.807, 2.05) is 41.9 Å². The van der Waals surface area contributed by atoms with Gasteiger partial charge in [-0.2, -0.15) is 0 Å². The van der Waals surface area contributed by atoms with Gasteiger partial charge in [0.1, 0.15) is 5.70 Å². The number of fused-ring (bicyclic) bond motifs is 2. The Morgan fingerprint density at radius 1 is 1.10 bits per heavy atom. The monoisotopic (exact) mass is 434 g/mol. The summed E-state index contributed by atoms with van der Waals surface area (Å²) in [6.07, 6.45) is 1.78. The minimum Gasteiger partial charge on any atom is -0.359 e. The molecule has 0 unspecified atom stereocenters. The Labute approximate surface area is 180 Å². The molecule has 3 heterocycles. The lowest BCUT2D eigenvalue weighted by atomic mass is 10.2. The molecule has 1 aliphatic rings. The highest BCUT2D eigenvalue weighted by molar-refractivity contribution is 7.22. The molecule has 0 spiro atoms. The van der Waals surface area contributed by atoms with Crippen molar-refractivity contribution < 1.29 is 4.79 Å². The van der Waals surface area contributed by atoms with Gasteiger partial charge in [0.25, 0.3) is 5.91 Å². The molecule has 0 saturated carbocycles. The summed E-state index contributed by atoms with van der Waals surface area (Å²) < 4.78 is 2.14. The first-order chi connectivity index (χ1) is 14.5. The number of carbonyl (C=O) groups excluding carboxylic acids is 1. The van der Waals surface area contributed by atoms with Gasteiger partial charge < -0.3 is 10.6 Å². The number of nitrogens with one attached hydrogen (secondary N) is 3. The summed E-state index contributed by atoms with van der Waals surface area (Å²) in [4.78, 5) is 25.6. The summed E-state index contributed by atoms with van der Waals surface area (Å²) in [5, 5.41) is 10.2. The van der Waals surface area contributed by atoms with E-state index in [1.165, 1.54) is 0 Å². The molecular formula is C21H18N6OS2. The Kier molecular flexibility index (Phi) is 4.68. The molecule has 1 amide bonds. The number of guanidine groups is 1. The van der Waals surface area contributed by atoms with Gasteiger partial charge in [-0.3, -0.25) is 10.1 Å². The van der Waals surface area contributed by atoms with Crippen molar-refractivity contribution in [3.8, 4) is 0 Å². The van der Waals surface area contributed by atoms with Crippen molar-refractivity contribution in [3.63, 3.8) is 0 Å². The molecule has 150 valence electrons. The minimum absolute atomic E-state index is 0.232. The zero-order valence-electron chi connectivity index (χ0n) is 16.3. The Balaban J connectivity index is 1.37. The van der Waals surface area contributed by atoms with E-state index in [0.717, 1.165) is 36.8 Å². The minimum atomic E-state index is -0.232. The Bertz CT molecular complexity index is 1330. The summed E-state index contributed by atoms with van der Waals surface area (Å²) in [5.74, 6) is 0.179. The normalized spacial score (nSPS) is 15.2. The van der Waals surface area contributed by atoms with Crippen molar-refractivity contribution in [3.05, 3.63) is 53.2 Å². The standard InChI is InChI=1S/C21H18N6OS2/c1-11(2)23-21-26-15-6-4-13(9-18(15)30-21)24-20-25-16(19(28)27-20)7-12-3-5-14-17(8-12)29-10-22-14/h3-11H,1-2H3,(H,23,26)(H2,24,25,27,28). The van der Waals surface area contributed by atoms with Crippen LogP contribution < -0.4 is 16.0 Å². The van der Waals surface area contributed by atoms with Crippen molar-refractivity contribution in [1.29, 1.82) is 0 Å². The van der Waals surface area contributed by atoms with Crippen LogP contribution in [0.1, 0.15) is 19.4 Å². The lowest BCUT2D eigenvalue weighted by Crippen LogP contribution is -2.29. The highest BCUT2D eigenvalue weighted by Crippen LogP contribution is 2.29. The van der Waals surface area contributed by atoms with Gasteiger partial charge in [-0.15, -0.1) is 11.3 Å². The van der Waals surface area contributed by atoms with Gasteiger partial charge in [0.2, 0.25) is 5.96 Å². The quantitative estimate of drug-likeness (QED) is 0.406. The van der Waals surface area contributed by atoms with Gasteiger partial charge in [-0.1, -0.05) is 17.4 Å². The smallest absolute Gasteiger partial charge is 0.276 e. The maximum atomic E-state index is 12.4. The fourth-order valence-electron chi connectivity index (χ4n) is 3.09. The van der Waals surface area contributed by atoms with Crippen molar-refractivity contribution in [2.75, 3.05) is 10.6 Å². The first-order valence-corrected chi connectivity index (χ1v) is 11.1. The number of thiazole rings is 2. The van der Waals surface area contributed by atoms with Crippen LogP contribution in [0, 0.1) is 0 Å². The number of nitrogens with zero attached hydrogens (tertiary/aromatic N) is 3. The van der Waals surface area contributed by atoms with Crippen LogP contribution in [0.25, 0.3) is 26.5 Å². The number of rotatable bonds is 4. The molecule has 2 aromatic carbocycles. The highest BCUT2D eigenvalue weighted by Gasteiger charge is 2.20. The van der Waals surface area contributed by atoms with Crippen molar-refractivity contribution in [2.45, 2.75) is 19.9 Å². The number of hydrogen-bond acceptors (Lipinski definition) is 8. The van der Waals surface area contributed by atoms with E-state index in [1.54, 1.807) is 28.7 Å². The van der Waals surface area contributed by atoms with Crippen molar-refractivity contribution >= 4 is 71.9 Å². The Morgan fingerprint density at radius 2 is 1.97 bits per heavy atom. The number of hydrogen-bond donors (Lipinski definition) is 3. The zero-order chi connectivity index (χ0) is 20.7. The molecule has 9 heteroatoms. The van der Waals surface area contributed by atoms with E-state index in [0.29, 0.717) is 17.7 Å². The molecule has 0 saturated heterocycles. The van der Waals surface area contributed by atoms with Gasteiger partial charge in [-0.05, 0) is 55.8 Å². The first-order valence-electron chi connectivity index (χ1n) is 9.43. The summed E-state index contributed by atoms with van der Waals surface area (Å²) in [7, 11) is 0. The van der Waals surface area contributed by atoms with Crippen LogP contribution in [0.5, 0.6) is 0 Å².